The number of thioether (sulfide) groups is 1. The molecule has 1 nitrogen and oxygen atoms in total. The molecule has 0 radical (unpaired) electrons. The second kappa shape index (κ2) is 4.52. The minimum absolute atomic E-state index is 0.364. The lowest BCUT2D eigenvalue weighted by Gasteiger charge is -2.18. The van der Waals surface area contributed by atoms with Gasteiger partial charge in [0.2, 0.25) is 0 Å². The molecule has 1 rings (SSSR count). The van der Waals surface area contributed by atoms with Gasteiger partial charge in [0, 0.05) is 23.1 Å². The van der Waals surface area contributed by atoms with Crippen molar-refractivity contribution in [3.8, 4) is 0 Å². The summed E-state index contributed by atoms with van der Waals surface area (Å²) in [6.45, 7) is 11.8. The summed E-state index contributed by atoms with van der Waals surface area (Å²) < 4.78 is 0.364. The minimum atomic E-state index is 0.364. The van der Waals surface area contributed by atoms with E-state index in [0.29, 0.717) is 4.75 Å². The highest BCUT2D eigenvalue weighted by Crippen LogP contribution is 2.25. The molecule has 1 saturated carbocycles. The molecule has 0 heterocycles. The molecule has 0 aromatic heterocycles. The number of nitrogens with one attached hydrogen (secondary N) is 1. The van der Waals surface area contributed by atoms with E-state index in [-0.39, 0.29) is 0 Å². The van der Waals surface area contributed by atoms with E-state index in [0.717, 1.165) is 18.3 Å². The molecule has 76 valence electrons. The van der Waals surface area contributed by atoms with Gasteiger partial charge < -0.3 is 5.32 Å². The van der Waals surface area contributed by atoms with Crippen LogP contribution < -0.4 is 5.32 Å². The third-order valence-electron chi connectivity index (χ3n) is 1.93. The van der Waals surface area contributed by atoms with Crippen molar-refractivity contribution >= 4 is 11.8 Å². The largest absolute Gasteiger partial charge is 0.310 e. The summed E-state index contributed by atoms with van der Waals surface area (Å²) in [5.41, 5.74) is 1.33. The van der Waals surface area contributed by atoms with Crippen molar-refractivity contribution in [1.82, 2.24) is 5.32 Å². The predicted molar refractivity (Wildman–Crippen MR) is 62.4 cm³/mol. The summed E-state index contributed by atoms with van der Waals surface area (Å²) in [4.78, 5) is 0. The Morgan fingerprint density at radius 2 is 2.08 bits per heavy atom. The standard InChI is InChI=1S/C11H21NS/c1-9(7-12-10-5-6-10)8-13-11(2,3)4/h10,12H,1,5-8H2,2-4H3. The second-order valence-corrected chi connectivity index (χ2v) is 6.61. The van der Waals surface area contributed by atoms with Crippen LogP contribution >= 0.6 is 11.8 Å². The van der Waals surface area contributed by atoms with E-state index in [1.54, 1.807) is 0 Å². The smallest absolute Gasteiger partial charge is 0.0172 e. The molecule has 0 aliphatic heterocycles. The summed E-state index contributed by atoms with van der Waals surface area (Å²) >= 11 is 1.97. The molecule has 1 aliphatic rings. The molecule has 0 bridgehead atoms. The first-order valence-electron chi connectivity index (χ1n) is 5.01. The maximum Gasteiger partial charge on any atom is 0.0172 e. The van der Waals surface area contributed by atoms with Crippen molar-refractivity contribution in [2.75, 3.05) is 12.3 Å². The first-order chi connectivity index (χ1) is 5.97. The van der Waals surface area contributed by atoms with Crippen molar-refractivity contribution in [3.05, 3.63) is 12.2 Å². The van der Waals surface area contributed by atoms with Crippen LogP contribution in [0, 0.1) is 0 Å². The van der Waals surface area contributed by atoms with Gasteiger partial charge in [-0.05, 0) is 12.8 Å². The van der Waals surface area contributed by atoms with Crippen LogP contribution in [0.15, 0.2) is 12.2 Å². The Morgan fingerprint density at radius 3 is 2.54 bits per heavy atom. The van der Waals surface area contributed by atoms with Gasteiger partial charge in [0.15, 0.2) is 0 Å². The van der Waals surface area contributed by atoms with Crippen molar-refractivity contribution in [1.29, 1.82) is 0 Å². The van der Waals surface area contributed by atoms with E-state index >= 15 is 0 Å². The molecule has 1 aliphatic carbocycles. The van der Waals surface area contributed by atoms with Crippen LogP contribution in [0.2, 0.25) is 0 Å². The Morgan fingerprint density at radius 1 is 1.46 bits per heavy atom. The predicted octanol–water partition coefficient (Wildman–Crippen LogP) is 2.83. The van der Waals surface area contributed by atoms with Crippen molar-refractivity contribution in [3.63, 3.8) is 0 Å². The Hall–Kier alpha value is 0.0500. The molecular weight excluding hydrogens is 178 g/mol. The van der Waals surface area contributed by atoms with E-state index in [1.807, 2.05) is 11.8 Å². The Balaban J connectivity index is 2.03. The average Bonchev–Trinajstić information content (AvgIpc) is 2.78. The molecule has 0 unspecified atom stereocenters. The lowest BCUT2D eigenvalue weighted by molar-refractivity contribution is 0.734. The molecule has 2 heteroatoms. The Kier molecular flexibility index (Phi) is 3.87. The molecule has 0 amide bonds. The highest BCUT2D eigenvalue weighted by atomic mass is 32.2. The third kappa shape index (κ3) is 6.17. The minimum Gasteiger partial charge on any atom is -0.310 e. The summed E-state index contributed by atoms with van der Waals surface area (Å²) in [5, 5.41) is 3.48. The van der Waals surface area contributed by atoms with Crippen LogP contribution in [0.4, 0.5) is 0 Å². The molecule has 0 spiro atoms. The fourth-order valence-corrected chi connectivity index (χ4v) is 1.68. The van der Waals surface area contributed by atoms with Crippen molar-refractivity contribution < 1.29 is 0 Å². The van der Waals surface area contributed by atoms with Crippen LogP contribution in [0.3, 0.4) is 0 Å². The number of hydrogen-bond acceptors (Lipinski definition) is 2. The van der Waals surface area contributed by atoms with E-state index in [1.165, 1.54) is 18.4 Å². The van der Waals surface area contributed by atoms with E-state index in [2.05, 4.69) is 32.7 Å². The van der Waals surface area contributed by atoms with Crippen molar-refractivity contribution in [2.45, 2.75) is 44.4 Å². The highest BCUT2D eigenvalue weighted by molar-refractivity contribution is 8.00. The van der Waals surface area contributed by atoms with Gasteiger partial charge in [0.05, 0.1) is 0 Å². The lowest BCUT2D eigenvalue weighted by Crippen LogP contribution is -2.20. The quantitative estimate of drug-likeness (QED) is 0.683. The molecule has 0 aromatic carbocycles. The molecule has 1 fully saturated rings. The SMILES string of the molecule is C=C(CNC1CC1)CSC(C)(C)C. The van der Waals surface area contributed by atoms with Gasteiger partial charge in [0.1, 0.15) is 0 Å². The zero-order valence-corrected chi connectivity index (χ0v) is 9.84. The fourth-order valence-electron chi connectivity index (χ4n) is 0.946. The van der Waals surface area contributed by atoms with E-state index < -0.39 is 0 Å². The number of hydrogen-bond donors (Lipinski definition) is 1. The van der Waals surface area contributed by atoms with Gasteiger partial charge in [-0.3, -0.25) is 0 Å². The molecule has 0 atom stereocenters. The highest BCUT2D eigenvalue weighted by Gasteiger charge is 2.20. The van der Waals surface area contributed by atoms with Crippen LogP contribution in [0.1, 0.15) is 33.6 Å². The molecule has 0 aromatic rings. The van der Waals surface area contributed by atoms with Crippen LogP contribution in [-0.2, 0) is 0 Å². The average molecular weight is 199 g/mol. The second-order valence-electron chi connectivity index (χ2n) is 4.81. The topological polar surface area (TPSA) is 12.0 Å². The molecular formula is C11H21NS. The Labute approximate surface area is 86.4 Å². The maximum absolute atomic E-state index is 4.07. The summed E-state index contributed by atoms with van der Waals surface area (Å²) in [7, 11) is 0. The van der Waals surface area contributed by atoms with Gasteiger partial charge in [-0.15, -0.1) is 0 Å². The molecule has 0 saturated heterocycles. The monoisotopic (exact) mass is 199 g/mol. The van der Waals surface area contributed by atoms with Gasteiger partial charge in [0.25, 0.3) is 0 Å². The molecule has 13 heavy (non-hydrogen) atoms. The fraction of sp³-hybridized carbons (Fsp3) is 0.818. The summed E-state index contributed by atoms with van der Waals surface area (Å²) in [5.74, 6) is 1.09. The first kappa shape index (κ1) is 11.1. The van der Waals surface area contributed by atoms with Gasteiger partial charge in [-0.1, -0.05) is 32.9 Å². The first-order valence-corrected chi connectivity index (χ1v) is 6.00. The van der Waals surface area contributed by atoms with E-state index in [4.69, 9.17) is 0 Å². The maximum atomic E-state index is 4.07. The summed E-state index contributed by atoms with van der Waals surface area (Å²) in [6.07, 6.45) is 2.72. The Bertz CT molecular complexity index is 177. The normalized spacial score (nSPS) is 17.5. The zero-order chi connectivity index (χ0) is 9.90. The number of rotatable bonds is 5. The van der Waals surface area contributed by atoms with Gasteiger partial charge >= 0.3 is 0 Å². The van der Waals surface area contributed by atoms with Crippen LogP contribution in [-0.4, -0.2) is 23.1 Å². The van der Waals surface area contributed by atoms with Crippen LogP contribution in [0.25, 0.3) is 0 Å². The lowest BCUT2D eigenvalue weighted by atomic mass is 10.3. The van der Waals surface area contributed by atoms with Crippen LogP contribution in [0.5, 0.6) is 0 Å². The van der Waals surface area contributed by atoms with Crippen molar-refractivity contribution in [2.24, 2.45) is 0 Å². The molecule has 1 N–H and O–H groups in total. The summed E-state index contributed by atoms with van der Waals surface area (Å²) in [6, 6.07) is 0.802. The third-order valence-corrected chi connectivity index (χ3v) is 3.35. The zero-order valence-electron chi connectivity index (χ0n) is 9.02. The van der Waals surface area contributed by atoms with E-state index in [9.17, 15) is 0 Å². The van der Waals surface area contributed by atoms with Gasteiger partial charge in [-0.25, -0.2) is 0 Å². The van der Waals surface area contributed by atoms with Gasteiger partial charge in [-0.2, -0.15) is 11.8 Å².